The molecule has 0 N–H and O–H groups in total. The fraction of sp³-hybridized carbons (Fsp3) is 0.241. The monoisotopic (exact) mass is 467 g/mol. The van der Waals surface area contributed by atoms with Gasteiger partial charge in [0, 0.05) is 6.42 Å². The summed E-state index contributed by atoms with van der Waals surface area (Å²) in [6.07, 6.45) is 0.397. The van der Waals surface area contributed by atoms with Crippen molar-refractivity contribution in [2.75, 3.05) is 19.8 Å². The third kappa shape index (κ3) is 3.95. The van der Waals surface area contributed by atoms with Crippen molar-refractivity contribution in [3.63, 3.8) is 0 Å². The highest BCUT2D eigenvalue weighted by Crippen LogP contribution is 2.42. The summed E-state index contributed by atoms with van der Waals surface area (Å²) in [5.41, 5.74) is 1.03. The number of nitroso groups, excluding NO2 is 1. The Morgan fingerprint density at radius 3 is 1.71 bits per heavy atom. The molecule has 6 heteroatoms. The van der Waals surface area contributed by atoms with E-state index >= 15 is 0 Å². The van der Waals surface area contributed by atoms with Crippen molar-refractivity contribution in [2.45, 2.75) is 20.3 Å². The summed E-state index contributed by atoms with van der Waals surface area (Å²) in [7, 11) is 0. The molecule has 5 aromatic carbocycles. The van der Waals surface area contributed by atoms with Crippen LogP contribution in [0.2, 0.25) is 0 Å². The van der Waals surface area contributed by atoms with Crippen molar-refractivity contribution in [3.05, 3.63) is 76.7 Å². The molecule has 0 spiro atoms. The van der Waals surface area contributed by atoms with Crippen molar-refractivity contribution < 1.29 is 19.1 Å². The predicted molar refractivity (Wildman–Crippen MR) is 138 cm³/mol. The molecule has 0 aliphatic heterocycles. The van der Waals surface area contributed by atoms with Gasteiger partial charge in [-0.1, -0.05) is 67.6 Å². The minimum atomic E-state index is -0.424. The zero-order valence-electron chi connectivity index (χ0n) is 19.7. The Morgan fingerprint density at radius 2 is 1.20 bits per heavy atom. The molecule has 5 aromatic rings. The molecule has 35 heavy (non-hydrogen) atoms. The van der Waals surface area contributed by atoms with Crippen LogP contribution in [0.25, 0.3) is 43.1 Å². The summed E-state index contributed by atoms with van der Waals surface area (Å²) < 4.78 is 10.9. The van der Waals surface area contributed by atoms with E-state index in [0.29, 0.717) is 24.2 Å². The lowest BCUT2D eigenvalue weighted by atomic mass is 9.87. The molecule has 0 aromatic heterocycles. The average Bonchev–Trinajstić information content (AvgIpc) is 2.87. The van der Waals surface area contributed by atoms with Gasteiger partial charge in [0.1, 0.15) is 0 Å². The molecule has 0 bridgehead atoms. The van der Waals surface area contributed by atoms with E-state index < -0.39 is 5.97 Å². The van der Waals surface area contributed by atoms with Gasteiger partial charge in [0.2, 0.25) is 0 Å². The molecular weight excluding hydrogens is 442 g/mol. The zero-order chi connectivity index (χ0) is 24.5. The van der Waals surface area contributed by atoms with Gasteiger partial charge in [-0.2, -0.15) is 4.91 Å². The molecule has 0 saturated carbocycles. The summed E-state index contributed by atoms with van der Waals surface area (Å²) in [6, 6.07) is 19.4. The van der Waals surface area contributed by atoms with Gasteiger partial charge in [0.05, 0.1) is 30.9 Å². The van der Waals surface area contributed by atoms with Crippen LogP contribution in [0.3, 0.4) is 0 Å². The lowest BCUT2D eigenvalue weighted by molar-refractivity contribution is 0.0459. The molecule has 0 aliphatic rings. The Balaban J connectivity index is 1.70. The summed E-state index contributed by atoms with van der Waals surface area (Å²) >= 11 is 0. The fourth-order valence-electron chi connectivity index (χ4n) is 4.76. The molecule has 0 atom stereocenters. The van der Waals surface area contributed by atoms with Crippen molar-refractivity contribution in [1.29, 1.82) is 0 Å². The van der Waals surface area contributed by atoms with Gasteiger partial charge in [-0.05, 0) is 61.1 Å². The second-order valence-electron chi connectivity index (χ2n) is 9.11. The zero-order valence-corrected chi connectivity index (χ0v) is 19.7. The quantitative estimate of drug-likeness (QED) is 0.0818. The van der Waals surface area contributed by atoms with Gasteiger partial charge in [-0.25, -0.2) is 9.59 Å². The normalized spacial score (nSPS) is 11.6. The molecule has 0 radical (unpaired) electrons. The largest absolute Gasteiger partial charge is 0.462 e. The Hall–Kier alpha value is -4.06. The number of hydrogen-bond donors (Lipinski definition) is 0. The maximum atomic E-state index is 12.9. The maximum absolute atomic E-state index is 12.9. The number of fused-ring (bicyclic) bond motifs is 2. The highest BCUT2D eigenvalue weighted by molar-refractivity contribution is 6.35. The number of esters is 2. The second kappa shape index (κ2) is 9.29. The van der Waals surface area contributed by atoms with Crippen LogP contribution < -0.4 is 0 Å². The highest BCUT2D eigenvalue weighted by Gasteiger charge is 2.20. The number of carbonyl (C=O) groups excluding carboxylic acids is 2. The minimum absolute atomic E-state index is 0.116. The topological polar surface area (TPSA) is 82.0 Å². The first-order valence-corrected chi connectivity index (χ1v) is 11.8. The summed E-state index contributed by atoms with van der Waals surface area (Å²) in [4.78, 5) is 36.0. The number of benzene rings is 5. The van der Waals surface area contributed by atoms with Crippen LogP contribution in [0.15, 0.2) is 65.8 Å². The highest BCUT2D eigenvalue weighted by atomic mass is 16.5. The van der Waals surface area contributed by atoms with Crippen LogP contribution in [0.4, 0.5) is 0 Å². The van der Waals surface area contributed by atoms with Gasteiger partial charge >= 0.3 is 11.9 Å². The minimum Gasteiger partial charge on any atom is -0.462 e. The van der Waals surface area contributed by atoms with Crippen LogP contribution in [-0.4, -0.2) is 31.7 Å². The van der Waals surface area contributed by atoms with E-state index in [9.17, 15) is 14.5 Å². The molecule has 5 rings (SSSR count). The van der Waals surface area contributed by atoms with Gasteiger partial charge in [-0.15, -0.1) is 0 Å². The third-order valence-corrected chi connectivity index (χ3v) is 6.28. The SMILES string of the molecule is CC(C)COC(=O)c1ccc2c3cccc4c(C(=O)OCCCN=O)ccc(c5cccc1c52)c43. The van der Waals surface area contributed by atoms with Crippen LogP contribution >= 0.6 is 0 Å². The van der Waals surface area contributed by atoms with Crippen LogP contribution in [-0.2, 0) is 9.47 Å². The van der Waals surface area contributed by atoms with Crippen molar-refractivity contribution in [2.24, 2.45) is 11.1 Å². The number of ether oxygens (including phenoxy) is 2. The third-order valence-electron chi connectivity index (χ3n) is 6.28. The first-order valence-electron chi connectivity index (χ1n) is 11.8. The molecule has 0 unspecified atom stereocenters. The van der Waals surface area contributed by atoms with Crippen molar-refractivity contribution in [3.8, 4) is 0 Å². The van der Waals surface area contributed by atoms with Crippen LogP contribution in [0.1, 0.15) is 41.0 Å². The summed E-state index contributed by atoms with van der Waals surface area (Å²) in [6.45, 7) is 4.65. The Kier molecular flexibility index (Phi) is 6.03. The van der Waals surface area contributed by atoms with E-state index in [1.807, 2.05) is 68.4 Å². The van der Waals surface area contributed by atoms with Gasteiger partial charge in [0.15, 0.2) is 0 Å². The molecular formula is C29H25NO5. The molecule has 0 saturated heterocycles. The van der Waals surface area contributed by atoms with E-state index in [2.05, 4.69) is 5.18 Å². The first-order chi connectivity index (χ1) is 17.0. The lowest BCUT2D eigenvalue weighted by Crippen LogP contribution is -2.10. The van der Waals surface area contributed by atoms with Gasteiger partial charge in [0.25, 0.3) is 0 Å². The smallest absolute Gasteiger partial charge is 0.338 e. The van der Waals surface area contributed by atoms with E-state index in [1.165, 1.54) is 0 Å². The fourth-order valence-corrected chi connectivity index (χ4v) is 4.76. The van der Waals surface area contributed by atoms with Crippen molar-refractivity contribution >= 4 is 55.0 Å². The van der Waals surface area contributed by atoms with E-state index in [4.69, 9.17) is 9.47 Å². The Bertz CT molecular complexity index is 1570. The molecule has 0 amide bonds. The Morgan fingerprint density at radius 1 is 0.714 bits per heavy atom. The standard InChI is InChI=1S/C29H25NO5/c1-17(2)16-35-29(32)25-13-11-23-18-6-3-8-20-24(28(31)34-15-5-14-30-33)12-10-22(26(18)20)19-7-4-9-21(25)27(19)23/h3-4,6-13,17H,5,14-16H2,1-2H3. The molecule has 0 heterocycles. The van der Waals surface area contributed by atoms with Gasteiger partial charge in [-0.3, -0.25) is 0 Å². The number of hydrogen-bond acceptors (Lipinski definition) is 6. The van der Waals surface area contributed by atoms with Crippen LogP contribution in [0, 0.1) is 10.8 Å². The molecule has 176 valence electrons. The lowest BCUT2D eigenvalue weighted by Gasteiger charge is -2.17. The number of nitrogens with zero attached hydrogens (tertiary/aromatic N) is 1. The molecule has 0 aliphatic carbocycles. The van der Waals surface area contributed by atoms with Crippen LogP contribution in [0.5, 0.6) is 0 Å². The van der Waals surface area contributed by atoms with E-state index in [1.54, 1.807) is 6.07 Å². The summed E-state index contributed by atoms with van der Waals surface area (Å²) in [5, 5.41) is 10.5. The summed E-state index contributed by atoms with van der Waals surface area (Å²) in [5.74, 6) is -0.493. The second-order valence-corrected chi connectivity index (χ2v) is 9.11. The van der Waals surface area contributed by atoms with E-state index in [-0.39, 0.29) is 25.0 Å². The molecule has 0 fully saturated rings. The Labute approximate surface area is 202 Å². The number of rotatable bonds is 8. The number of carbonyl (C=O) groups is 2. The predicted octanol–water partition coefficient (Wildman–Crippen LogP) is 6.86. The first kappa shape index (κ1) is 22.7. The average molecular weight is 468 g/mol. The maximum Gasteiger partial charge on any atom is 0.338 e. The van der Waals surface area contributed by atoms with Crippen molar-refractivity contribution in [1.82, 2.24) is 0 Å². The van der Waals surface area contributed by atoms with E-state index in [0.717, 1.165) is 43.1 Å². The molecule has 6 nitrogen and oxygen atoms in total. The van der Waals surface area contributed by atoms with Gasteiger partial charge < -0.3 is 9.47 Å².